The molecular formula is C25H26N2O4. The van der Waals surface area contributed by atoms with Crippen molar-refractivity contribution in [3.63, 3.8) is 0 Å². The molecule has 0 bridgehead atoms. The van der Waals surface area contributed by atoms with E-state index in [1.54, 1.807) is 17.0 Å². The molecule has 1 saturated heterocycles. The largest absolute Gasteiger partial charge is 0.444 e. The van der Waals surface area contributed by atoms with E-state index in [1.807, 2.05) is 30.3 Å². The summed E-state index contributed by atoms with van der Waals surface area (Å²) >= 11 is 0. The van der Waals surface area contributed by atoms with Crippen molar-refractivity contribution in [2.24, 2.45) is 5.92 Å². The highest BCUT2D eigenvalue weighted by atomic mass is 16.7. The average molecular weight is 418 g/mol. The Morgan fingerprint density at radius 2 is 1.68 bits per heavy atom. The van der Waals surface area contributed by atoms with E-state index in [4.69, 9.17) is 14.2 Å². The lowest BCUT2D eigenvalue weighted by molar-refractivity contribution is -0.144. The van der Waals surface area contributed by atoms with E-state index in [-0.39, 0.29) is 11.8 Å². The maximum absolute atomic E-state index is 13.1. The number of ether oxygens (including phenoxy) is 3. The summed E-state index contributed by atoms with van der Waals surface area (Å²) < 4.78 is 18.5. The Kier molecular flexibility index (Phi) is 5.29. The SMILES string of the molecule is N#Cc1cc2c(cc1C(=O)N1CCOCC1)OC(c1ccccc1)(C1CCCCC1)O2. The van der Waals surface area contributed by atoms with Gasteiger partial charge in [0, 0.05) is 30.6 Å². The summed E-state index contributed by atoms with van der Waals surface area (Å²) in [6.45, 7) is 2.07. The fraction of sp³-hybridized carbons (Fsp3) is 0.440. The van der Waals surface area contributed by atoms with Gasteiger partial charge in [0.15, 0.2) is 11.5 Å². The van der Waals surface area contributed by atoms with Gasteiger partial charge in [-0.3, -0.25) is 4.79 Å². The number of morpholine rings is 1. The predicted molar refractivity (Wildman–Crippen MR) is 114 cm³/mol. The number of nitriles is 1. The lowest BCUT2D eigenvalue weighted by atomic mass is 9.80. The van der Waals surface area contributed by atoms with Crippen LogP contribution in [-0.2, 0) is 10.5 Å². The molecule has 0 radical (unpaired) electrons. The maximum atomic E-state index is 13.1. The van der Waals surface area contributed by atoms with Crippen molar-refractivity contribution in [2.45, 2.75) is 37.9 Å². The van der Waals surface area contributed by atoms with Crippen LogP contribution in [-0.4, -0.2) is 37.1 Å². The van der Waals surface area contributed by atoms with Gasteiger partial charge < -0.3 is 19.1 Å². The minimum Gasteiger partial charge on any atom is -0.444 e. The Balaban J connectivity index is 1.53. The number of amides is 1. The molecule has 2 aliphatic heterocycles. The lowest BCUT2D eigenvalue weighted by Gasteiger charge is -2.37. The van der Waals surface area contributed by atoms with Crippen molar-refractivity contribution in [3.8, 4) is 17.6 Å². The normalized spacial score (nSPS) is 23.4. The molecule has 6 nitrogen and oxygen atoms in total. The molecule has 1 unspecified atom stereocenters. The van der Waals surface area contributed by atoms with Crippen LogP contribution in [0.4, 0.5) is 0 Å². The number of nitrogens with zero attached hydrogens (tertiary/aromatic N) is 2. The van der Waals surface area contributed by atoms with Crippen LogP contribution in [0.2, 0.25) is 0 Å². The summed E-state index contributed by atoms with van der Waals surface area (Å²) in [6.07, 6.45) is 5.56. The zero-order valence-electron chi connectivity index (χ0n) is 17.5. The highest BCUT2D eigenvalue weighted by molar-refractivity contribution is 5.97. The van der Waals surface area contributed by atoms with Gasteiger partial charge in [-0.15, -0.1) is 0 Å². The Hall–Kier alpha value is -3.04. The van der Waals surface area contributed by atoms with Gasteiger partial charge in [0.25, 0.3) is 11.7 Å². The Morgan fingerprint density at radius 1 is 1.00 bits per heavy atom. The molecule has 0 N–H and O–H groups in total. The first-order valence-electron chi connectivity index (χ1n) is 11.1. The molecule has 2 aromatic carbocycles. The van der Waals surface area contributed by atoms with Gasteiger partial charge in [-0.1, -0.05) is 49.6 Å². The number of hydrogen-bond acceptors (Lipinski definition) is 5. The standard InChI is InChI=1S/C25H26N2O4/c26-17-18-15-22-23(16-21(18)24(28)27-11-13-29-14-12-27)31-25(30-22,19-7-3-1-4-8-19)20-9-5-2-6-10-20/h1,3-4,7-8,15-16,20H,2,5-6,9-14H2. The van der Waals surface area contributed by atoms with Gasteiger partial charge in [0.1, 0.15) is 6.07 Å². The van der Waals surface area contributed by atoms with Crippen LogP contribution in [0.3, 0.4) is 0 Å². The molecule has 2 aromatic rings. The van der Waals surface area contributed by atoms with E-state index < -0.39 is 5.79 Å². The second-order valence-electron chi connectivity index (χ2n) is 8.43. The summed E-state index contributed by atoms with van der Waals surface area (Å²) in [5.41, 5.74) is 1.64. The summed E-state index contributed by atoms with van der Waals surface area (Å²) in [6, 6.07) is 15.6. The van der Waals surface area contributed by atoms with Gasteiger partial charge in [-0.2, -0.15) is 5.26 Å². The number of hydrogen-bond donors (Lipinski definition) is 0. The topological polar surface area (TPSA) is 71.8 Å². The maximum Gasteiger partial charge on any atom is 0.281 e. The number of rotatable bonds is 3. The third kappa shape index (κ3) is 3.53. The molecule has 1 saturated carbocycles. The van der Waals surface area contributed by atoms with Crippen LogP contribution >= 0.6 is 0 Å². The van der Waals surface area contributed by atoms with E-state index in [1.165, 1.54) is 6.42 Å². The fourth-order valence-corrected chi connectivity index (χ4v) is 4.95. The highest BCUT2D eigenvalue weighted by Gasteiger charge is 2.50. The monoisotopic (exact) mass is 418 g/mol. The second-order valence-corrected chi connectivity index (χ2v) is 8.43. The quantitative estimate of drug-likeness (QED) is 0.746. The first-order chi connectivity index (χ1) is 15.2. The van der Waals surface area contributed by atoms with Crippen LogP contribution in [0.1, 0.15) is 53.6 Å². The molecule has 0 spiro atoms. The van der Waals surface area contributed by atoms with Crippen molar-refractivity contribution < 1.29 is 19.0 Å². The molecule has 31 heavy (non-hydrogen) atoms. The van der Waals surface area contributed by atoms with Gasteiger partial charge in [-0.05, 0) is 18.9 Å². The minimum absolute atomic E-state index is 0.166. The van der Waals surface area contributed by atoms with Crippen molar-refractivity contribution in [1.82, 2.24) is 4.90 Å². The molecule has 1 aliphatic carbocycles. The number of carbonyl (C=O) groups is 1. The molecule has 160 valence electrons. The molecule has 3 aliphatic rings. The third-order valence-electron chi connectivity index (χ3n) is 6.57. The van der Waals surface area contributed by atoms with Crippen molar-refractivity contribution in [2.75, 3.05) is 26.3 Å². The molecule has 1 amide bonds. The predicted octanol–water partition coefficient (Wildman–Crippen LogP) is 4.24. The average Bonchev–Trinajstić information content (AvgIpc) is 3.24. The van der Waals surface area contributed by atoms with Crippen LogP contribution in [0.15, 0.2) is 42.5 Å². The summed E-state index contributed by atoms with van der Waals surface area (Å²) in [4.78, 5) is 14.9. The molecular weight excluding hydrogens is 392 g/mol. The third-order valence-corrected chi connectivity index (χ3v) is 6.57. The van der Waals surface area contributed by atoms with Gasteiger partial charge >= 0.3 is 0 Å². The molecule has 1 atom stereocenters. The first kappa shape index (κ1) is 19.9. The summed E-state index contributed by atoms with van der Waals surface area (Å²) in [5, 5.41) is 9.75. The van der Waals surface area contributed by atoms with Gasteiger partial charge in [0.05, 0.1) is 24.3 Å². The molecule has 6 heteroatoms. The Morgan fingerprint density at radius 3 is 2.35 bits per heavy atom. The molecule has 0 aromatic heterocycles. The number of carbonyl (C=O) groups excluding carboxylic acids is 1. The van der Waals surface area contributed by atoms with Gasteiger partial charge in [0.2, 0.25) is 0 Å². The Labute approximate surface area is 182 Å². The van der Waals surface area contributed by atoms with Gasteiger partial charge in [-0.25, -0.2) is 0 Å². The highest BCUT2D eigenvalue weighted by Crippen LogP contribution is 2.52. The van der Waals surface area contributed by atoms with Crippen LogP contribution in [0.5, 0.6) is 11.5 Å². The van der Waals surface area contributed by atoms with E-state index >= 15 is 0 Å². The fourth-order valence-electron chi connectivity index (χ4n) is 4.95. The molecule has 2 fully saturated rings. The van der Waals surface area contributed by atoms with E-state index in [0.29, 0.717) is 48.9 Å². The number of benzene rings is 2. The molecule has 5 rings (SSSR count). The number of fused-ring (bicyclic) bond motifs is 1. The zero-order chi connectivity index (χ0) is 21.3. The summed E-state index contributed by atoms with van der Waals surface area (Å²) in [7, 11) is 0. The first-order valence-corrected chi connectivity index (χ1v) is 11.1. The second kappa shape index (κ2) is 8.24. The smallest absolute Gasteiger partial charge is 0.281 e. The van der Waals surface area contributed by atoms with Crippen molar-refractivity contribution in [3.05, 3.63) is 59.2 Å². The van der Waals surface area contributed by atoms with Crippen LogP contribution < -0.4 is 9.47 Å². The van der Waals surface area contributed by atoms with E-state index in [9.17, 15) is 10.1 Å². The van der Waals surface area contributed by atoms with Crippen molar-refractivity contribution >= 4 is 5.91 Å². The van der Waals surface area contributed by atoms with E-state index in [0.717, 1.165) is 31.2 Å². The van der Waals surface area contributed by atoms with Crippen molar-refractivity contribution in [1.29, 1.82) is 5.26 Å². The molecule has 2 heterocycles. The minimum atomic E-state index is -0.919. The van der Waals surface area contributed by atoms with E-state index in [2.05, 4.69) is 6.07 Å². The lowest BCUT2D eigenvalue weighted by Crippen LogP contribution is -2.44. The zero-order valence-corrected chi connectivity index (χ0v) is 17.5. The Bertz CT molecular complexity index is 1000. The summed E-state index contributed by atoms with van der Waals surface area (Å²) in [5.74, 6) is 0.188. The van der Waals surface area contributed by atoms with Crippen LogP contribution in [0, 0.1) is 17.2 Å². The van der Waals surface area contributed by atoms with Crippen LogP contribution in [0.25, 0.3) is 0 Å².